The standard InChI is InChI=1S/C19H20N2O2.ClH/c1-21-12-15(16-9-5-6-10-18(16)21)11-17(20)19(22)23-13-14-7-3-2-4-8-14;/h2-10,12,17H,11,13,20H2,1H3;1H/t17-;/m1./s1. The first kappa shape index (κ1) is 18.0. The van der Waals surface area contributed by atoms with Gasteiger partial charge in [0.1, 0.15) is 12.6 Å². The average molecular weight is 345 g/mol. The van der Waals surface area contributed by atoms with Crippen LogP contribution in [-0.4, -0.2) is 16.6 Å². The second kappa shape index (κ2) is 7.99. The monoisotopic (exact) mass is 344 g/mol. The number of rotatable bonds is 5. The molecule has 0 saturated heterocycles. The first-order valence-corrected chi connectivity index (χ1v) is 7.64. The molecule has 3 aromatic rings. The van der Waals surface area contributed by atoms with Crippen LogP contribution in [0.25, 0.3) is 10.9 Å². The summed E-state index contributed by atoms with van der Waals surface area (Å²) in [4.78, 5) is 12.1. The molecule has 5 heteroatoms. The van der Waals surface area contributed by atoms with Gasteiger partial charge in [-0.15, -0.1) is 12.4 Å². The quantitative estimate of drug-likeness (QED) is 0.723. The van der Waals surface area contributed by atoms with E-state index in [9.17, 15) is 4.79 Å². The van der Waals surface area contributed by atoms with Crippen LogP contribution in [-0.2, 0) is 29.6 Å². The Kier molecular flexibility index (Phi) is 6.01. The van der Waals surface area contributed by atoms with Gasteiger partial charge in [0.05, 0.1) is 0 Å². The number of halogens is 1. The van der Waals surface area contributed by atoms with Crippen LogP contribution in [0.2, 0.25) is 0 Å². The van der Waals surface area contributed by atoms with E-state index in [1.807, 2.05) is 66.3 Å². The summed E-state index contributed by atoms with van der Waals surface area (Å²) in [5, 5.41) is 1.13. The molecule has 0 radical (unpaired) electrons. The first-order chi connectivity index (χ1) is 11.1. The molecule has 0 aliphatic rings. The molecule has 2 N–H and O–H groups in total. The number of nitrogens with two attached hydrogens (primary N) is 1. The second-order valence-corrected chi connectivity index (χ2v) is 5.69. The third-order valence-corrected chi connectivity index (χ3v) is 3.95. The highest BCUT2D eigenvalue weighted by molar-refractivity contribution is 5.85. The Hall–Kier alpha value is -2.30. The predicted molar refractivity (Wildman–Crippen MR) is 98.1 cm³/mol. The third-order valence-electron chi connectivity index (χ3n) is 3.95. The number of hydrogen-bond acceptors (Lipinski definition) is 3. The molecule has 0 bridgehead atoms. The fraction of sp³-hybridized carbons (Fsp3) is 0.211. The van der Waals surface area contributed by atoms with Gasteiger partial charge in [0.2, 0.25) is 0 Å². The van der Waals surface area contributed by atoms with Gasteiger partial charge in [-0.3, -0.25) is 4.79 Å². The normalized spacial score (nSPS) is 11.8. The summed E-state index contributed by atoms with van der Waals surface area (Å²) in [5.41, 5.74) is 9.18. The molecule has 0 aliphatic carbocycles. The molecular weight excluding hydrogens is 324 g/mol. The highest BCUT2D eigenvalue weighted by Crippen LogP contribution is 2.21. The Morgan fingerprint density at radius 1 is 1.12 bits per heavy atom. The van der Waals surface area contributed by atoms with E-state index in [1.54, 1.807) is 0 Å². The lowest BCUT2D eigenvalue weighted by Crippen LogP contribution is -2.34. The number of carbonyl (C=O) groups is 1. The molecule has 0 unspecified atom stereocenters. The van der Waals surface area contributed by atoms with Crippen molar-refractivity contribution in [2.24, 2.45) is 12.8 Å². The maximum atomic E-state index is 12.1. The number of para-hydroxylation sites is 1. The smallest absolute Gasteiger partial charge is 0.323 e. The summed E-state index contributed by atoms with van der Waals surface area (Å²) >= 11 is 0. The van der Waals surface area contributed by atoms with Crippen molar-refractivity contribution in [3.63, 3.8) is 0 Å². The highest BCUT2D eigenvalue weighted by atomic mass is 35.5. The zero-order chi connectivity index (χ0) is 16.2. The number of esters is 1. The van der Waals surface area contributed by atoms with Crippen molar-refractivity contribution >= 4 is 29.3 Å². The molecule has 2 aromatic carbocycles. The van der Waals surface area contributed by atoms with Crippen molar-refractivity contribution in [3.8, 4) is 0 Å². The van der Waals surface area contributed by atoms with Gasteiger partial charge in [-0.25, -0.2) is 0 Å². The number of fused-ring (bicyclic) bond motifs is 1. The van der Waals surface area contributed by atoms with Crippen LogP contribution < -0.4 is 5.73 Å². The van der Waals surface area contributed by atoms with E-state index >= 15 is 0 Å². The van der Waals surface area contributed by atoms with Crippen molar-refractivity contribution < 1.29 is 9.53 Å². The van der Waals surface area contributed by atoms with Gasteiger partial charge in [-0.2, -0.15) is 0 Å². The molecule has 4 nitrogen and oxygen atoms in total. The molecule has 1 atom stereocenters. The van der Waals surface area contributed by atoms with Crippen LogP contribution in [0.3, 0.4) is 0 Å². The zero-order valence-corrected chi connectivity index (χ0v) is 14.3. The molecule has 3 rings (SSSR count). The zero-order valence-electron chi connectivity index (χ0n) is 13.5. The van der Waals surface area contributed by atoms with Crippen LogP contribution >= 0.6 is 12.4 Å². The molecule has 24 heavy (non-hydrogen) atoms. The van der Waals surface area contributed by atoms with Crippen molar-refractivity contribution in [1.29, 1.82) is 0 Å². The SMILES string of the molecule is Cl.Cn1cc(C[C@@H](N)C(=O)OCc2ccccc2)c2ccccc21. The highest BCUT2D eigenvalue weighted by Gasteiger charge is 2.18. The molecule has 0 saturated carbocycles. The van der Waals surface area contributed by atoms with E-state index < -0.39 is 6.04 Å². The van der Waals surface area contributed by atoms with Crippen molar-refractivity contribution in [2.45, 2.75) is 19.1 Å². The van der Waals surface area contributed by atoms with Gasteiger partial charge in [-0.05, 0) is 17.2 Å². The lowest BCUT2D eigenvalue weighted by molar-refractivity contribution is -0.146. The average Bonchev–Trinajstić information content (AvgIpc) is 2.90. The second-order valence-electron chi connectivity index (χ2n) is 5.69. The Labute approximate surface area is 147 Å². The van der Waals surface area contributed by atoms with Crippen LogP contribution in [0.4, 0.5) is 0 Å². The molecule has 0 fully saturated rings. The first-order valence-electron chi connectivity index (χ1n) is 7.64. The summed E-state index contributed by atoms with van der Waals surface area (Å²) in [5.74, 6) is -0.373. The molecule has 1 heterocycles. The van der Waals surface area contributed by atoms with Crippen LogP contribution in [0.5, 0.6) is 0 Å². The van der Waals surface area contributed by atoms with E-state index in [0.717, 1.165) is 22.0 Å². The minimum atomic E-state index is -0.662. The number of ether oxygens (including phenoxy) is 1. The number of carbonyl (C=O) groups excluding carboxylic acids is 1. The predicted octanol–water partition coefficient (Wildman–Crippen LogP) is 3.21. The number of benzene rings is 2. The van der Waals surface area contributed by atoms with Gasteiger partial charge in [0.15, 0.2) is 0 Å². The van der Waals surface area contributed by atoms with Crippen molar-refractivity contribution in [3.05, 3.63) is 71.9 Å². The largest absolute Gasteiger partial charge is 0.460 e. The summed E-state index contributed by atoms with van der Waals surface area (Å²) in [6, 6.07) is 17.0. The van der Waals surface area contributed by atoms with Gasteiger partial charge in [0, 0.05) is 30.6 Å². The minimum absolute atomic E-state index is 0. The summed E-state index contributed by atoms with van der Waals surface area (Å²) in [6.07, 6.45) is 2.49. The fourth-order valence-electron chi connectivity index (χ4n) is 2.74. The number of hydrogen-bond donors (Lipinski definition) is 1. The van der Waals surface area contributed by atoms with Gasteiger partial charge >= 0.3 is 5.97 Å². The van der Waals surface area contributed by atoms with Gasteiger partial charge in [0.25, 0.3) is 0 Å². The lowest BCUT2D eigenvalue weighted by Gasteiger charge is -2.11. The van der Waals surface area contributed by atoms with Crippen molar-refractivity contribution in [1.82, 2.24) is 4.57 Å². The fourth-order valence-corrected chi connectivity index (χ4v) is 2.74. The minimum Gasteiger partial charge on any atom is -0.460 e. The topological polar surface area (TPSA) is 57.2 Å². The molecule has 0 amide bonds. The molecule has 1 aromatic heterocycles. The maximum Gasteiger partial charge on any atom is 0.323 e. The van der Waals surface area contributed by atoms with E-state index in [0.29, 0.717) is 6.42 Å². The number of aromatic nitrogens is 1. The summed E-state index contributed by atoms with van der Waals surface area (Å²) in [7, 11) is 1.99. The van der Waals surface area contributed by atoms with E-state index in [2.05, 4.69) is 6.07 Å². The number of nitrogens with zero attached hydrogens (tertiary/aromatic N) is 1. The lowest BCUT2D eigenvalue weighted by atomic mass is 10.1. The summed E-state index contributed by atoms with van der Waals surface area (Å²) < 4.78 is 7.36. The van der Waals surface area contributed by atoms with Crippen LogP contribution in [0.15, 0.2) is 60.8 Å². The molecule has 126 valence electrons. The Bertz CT molecular complexity index is 815. The molecule has 0 spiro atoms. The van der Waals surface area contributed by atoms with Crippen LogP contribution in [0.1, 0.15) is 11.1 Å². The van der Waals surface area contributed by atoms with E-state index in [-0.39, 0.29) is 25.0 Å². The van der Waals surface area contributed by atoms with E-state index in [4.69, 9.17) is 10.5 Å². The number of aryl methyl sites for hydroxylation is 1. The van der Waals surface area contributed by atoms with Crippen LogP contribution in [0, 0.1) is 0 Å². The van der Waals surface area contributed by atoms with Gasteiger partial charge in [-0.1, -0.05) is 48.5 Å². The molecular formula is C19H21ClN2O2. The van der Waals surface area contributed by atoms with E-state index in [1.165, 1.54) is 0 Å². The van der Waals surface area contributed by atoms with Crippen molar-refractivity contribution in [2.75, 3.05) is 0 Å². The molecule has 0 aliphatic heterocycles. The third kappa shape index (κ3) is 3.96. The Morgan fingerprint density at radius 3 is 2.54 bits per heavy atom. The van der Waals surface area contributed by atoms with Gasteiger partial charge < -0.3 is 15.0 Å². The summed E-state index contributed by atoms with van der Waals surface area (Å²) in [6.45, 7) is 0.253. The Morgan fingerprint density at radius 2 is 1.79 bits per heavy atom. The maximum absolute atomic E-state index is 12.1. The Balaban J connectivity index is 0.00000208.